The minimum Gasteiger partial charge on any atom is -0.354 e. The number of amides is 1. The summed E-state index contributed by atoms with van der Waals surface area (Å²) in [4.78, 5) is 21.8. The first-order valence-corrected chi connectivity index (χ1v) is 8.71. The van der Waals surface area contributed by atoms with E-state index in [0.717, 1.165) is 57.2 Å². The van der Waals surface area contributed by atoms with Crippen LogP contribution in [0.2, 0.25) is 5.02 Å². The second kappa shape index (κ2) is 5.41. The fourth-order valence-corrected chi connectivity index (χ4v) is 4.22. The van der Waals surface area contributed by atoms with E-state index in [1.165, 1.54) is 12.8 Å². The Morgan fingerprint density at radius 2 is 2.18 bits per heavy atom. The van der Waals surface area contributed by atoms with Crippen LogP contribution in [0.15, 0.2) is 18.3 Å². The van der Waals surface area contributed by atoms with Crippen molar-refractivity contribution < 1.29 is 4.79 Å². The predicted octanol–water partition coefficient (Wildman–Crippen LogP) is 2.96. The van der Waals surface area contributed by atoms with E-state index >= 15 is 0 Å². The van der Waals surface area contributed by atoms with Crippen LogP contribution < -0.4 is 4.90 Å². The number of nitrogens with zero attached hydrogens (tertiary/aromatic N) is 3. The van der Waals surface area contributed by atoms with Crippen molar-refractivity contribution in [3.8, 4) is 0 Å². The summed E-state index contributed by atoms with van der Waals surface area (Å²) in [5, 5.41) is 0.678. The number of anilines is 1. The molecule has 3 heterocycles. The van der Waals surface area contributed by atoms with Crippen LogP contribution in [0.25, 0.3) is 0 Å². The molecule has 0 aromatic carbocycles. The zero-order valence-corrected chi connectivity index (χ0v) is 13.6. The molecular formula is C17H22ClN3O. The molecule has 2 aliphatic heterocycles. The molecule has 1 amide bonds. The molecule has 1 spiro atoms. The van der Waals surface area contributed by atoms with Crippen LogP contribution >= 0.6 is 11.6 Å². The first kappa shape index (κ1) is 14.3. The zero-order valence-electron chi connectivity index (χ0n) is 12.8. The molecular weight excluding hydrogens is 298 g/mol. The van der Waals surface area contributed by atoms with Crippen molar-refractivity contribution in [3.05, 3.63) is 23.4 Å². The van der Waals surface area contributed by atoms with E-state index in [4.69, 9.17) is 11.6 Å². The van der Waals surface area contributed by atoms with Crippen molar-refractivity contribution in [2.45, 2.75) is 32.1 Å². The van der Waals surface area contributed by atoms with Crippen LogP contribution in [0.5, 0.6) is 0 Å². The number of carbonyl (C=O) groups is 1. The van der Waals surface area contributed by atoms with Gasteiger partial charge < -0.3 is 9.80 Å². The Bertz CT molecular complexity index is 589. The van der Waals surface area contributed by atoms with Crippen LogP contribution in [-0.2, 0) is 4.79 Å². The van der Waals surface area contributed by atoms with E-state index in [-0.39, 0.29) is 5.41 Å². The minimum absolute atomic E-state index is 0.200. The van der Waals surface area contributed by atoms with Gasteiger partial charge in [0.05, 0.1) is 10.4 Å². The molecule has 1 saturated carbocycles. The monoisotopic (exact) mass is 319 g/mol. The first-order valence-electron chi connectivity index (χ1n) is 8.33. The number of halogens is 1. The molecule has 4 nitrogen and oxygen atoms in total. The van der Waals surface area contributed by atoms with Gasteiger partial charge >= 0.3 is 0 Å². The maximum atomic E-state index is 13.0. The third kappa shape index (κ3) is 2.47. The molecule has 0 unspecified atom stereocenters. The Morgan fingerprint density at radius 1 is 1.32 bits per heavy atom. The average Bonchev–Trinajstić information content (AvgIpc) is 3.24. The topological polar surface area (TPSA) is 36.4 Å². The molecule has 0 N–H and O–H groups in total. The van der Waals surface area contributed by atoms with Gasteiger partial charge in [0.1, 0.15) is 5.82 Å². The molecule has 1 aromatic rings. The lowest BCUT2D eigenvalue weighted by Crippen LogP contribution is -2.50. The van der Waals surface area contributed by atoms with Gasteiger partial charge in [-0.25, -0.2) is 4.98 Å². The van der Waals surface area contributed by atoms with Gasteiger partial charge in [-0.05, 0) is 50.2 Å². The predicted molar refractivity (Wildman–Crippen MR) is 87.0 cm³/mol. The van der Waals surface area contributed by atoms with Gasteiger partial charge in [-0.2, -0.15) is 0 Å². The SMILES string of the molecule is O=C1N(CC2CC2)CCC[C@@]12CCN(c1ncccc1Cl)C2. The maximum Gasteiger partial charge on any atom is 0.230 e. The maximum absolute atomic E-state index is 13.0. The van der Waals surface area contributed by atoms with Gasteiger partial charge in [0.2, 0.25) is 5.91 Å². The first-order chi connectivity index (χ1) is 10.7. The summed E-state index contributed by atoms with van der Waals surface area (Å²) >= 11 is 6.27. The Balaban J connectivity index is 1.52. The van der Waals surface area contributed by atoms with Crippen molar-refractivity contribution >= 4 is 23.3 Å². The molecule has 2 saturated heterocycles. The van der Waals surface area contributed by atoms with Crippen LogP contribution in [0, 0.1) is 11.3 Å². The van der Waals surface area contributed by atoms with E-state index in [2.05, 4.69) is 14.8 Å². The molecule has 3 aliphatic rings. The Labute approximate surface area is 136 Å². The fraction of sp³-hybridized carbons (Fsp3) is 0.647. The Hall–Kier alpha value is -1.29. The van der Waals surface area contributed by atoms with E-state index < -0.39 is 0 Å². The molecule has 0 bridgehead atoms. The molecule has 1 aliphatic carbocycles. The lowest BCUT2D eigenvalue weighted by Gasteiger charge is -2.39. The number of hydrogen-bond acceptors (Lipinski definition) is 3. The van der Waals surface area contributed by atoms with Gasteiger partial charge in [-0.3, -0.25) is 4.79 Å². The smallest absolute Gasteiger partial charge is 0.230 e. The molecule has 1 atom stereocenters. The largest absolute Gasteiger partial charge is 0.354 e. The normalized spacial score (nSPS) is 28.7. The van der Waals surface area contributed by atoms with Gasteiger partial charge in [-0.1, -0.05) is 11.6 Å². The zero-order chi connectivity index (χ0) is 15.2. The van der Waals surface area contributed by atoms with E-state index in [1.807, 2.05) is 12.1 Å². The summed E-state index contributed by atoms with van der Waals surface area (Å²) in [7, 11) is 0. The quantitative estimate of drug-likeness (QED) is 0.859. The number of carbonyl (C=O) groups excluding carboxylic acids is 1. The summed E-state index contributed by atoms with van der Waals surface area (Å²) < 4.78 is 0. The van der Waals surface area contributed by atoms with Crippen molar-refractivity contribution in [1.82, 2.24) is 9.88 Å². The highest BCUT2D eigenvalue weighted by molar-refractivity contribution is 6.32. The lowest BCUT2D eigenvalue weighted by atomic mass is 9.78. The van der Waals surface area contributed by atoms with Crippen molar-refractivity contribution in [2.75, 3.05) is 31.1 Å². The molecule has 4 rings (SSSR count). The summed E-state index contributed by atoms with van der Waals surface area (Å²) in [5.41, 5.74) is -0.200. The fourth-order valence-electron chi connectivity index (χ4n) is 3.98. The molecule has 0 radical (unpaired) electrons. The molecule has 5 heteroatoms. The Morgan fingerprint density at radius 3 is 2.95 bits per heavy atom. The summed E-state index contributed by atoms with van der Waals surface area (Å²) in [5.74, 6) is 1.97. The number of hydrogen-bond donors (Lipinski definition) is 0. The van der Waals surface area contributed by atoms with Crippen molar-refractivity contribution in [2.24, 2.45) is 11.3 Å². The van der Waals surface area contributed by atoms with E-state index in [1.54, 1.807) is 6.20 Å². The van der Waals surface area contributed by atoms with Crippen LogP contribution in [0.1, 0.15) is 32.1 Å². The summed E-state index contributed by atoms with van der Waals surface area (Å²) in [6.45, 7) is 3.57. The van der Waals surface area contributed by atoms with Crippen LogP contribution in [0.3, 0.4) is 0 Å². The van der Waals surface area contributed by atoms with Crippen LogP contribution in [0.4, 0.5) is 5.82 Å². The standard InChI is InChI=1S/C17H22ClN3O/c18-14-3-1-8-19-15(14)21-10-7-17(12-21)6-2-9-20(16(17)22)11-13-4-5-13/h1,3,8,13H,2,4-7,9-12H2/t17-/m0/s1. The van der Waals surface area contributed by atoms with Crippen LogP contribution in [-0.4, -0.2) is 42.0 Å². The van der Waals surface area contributed by atoms with Gasteiger partial charge in [0.25, 0.3) is 0 Å². The highest BCUT2D eigenvalue weighted by atomic mass is 35.5. The Kier molecular flexibility index (Phi) is 3.52. The highest BCUT2D eigenvalue weighted by Crippen LogP contribution is 2.43. The van der Waals surface area contributed by atoms with Gasteiger partial charge in [0, 0.05) is 32.4 Å². The molecule has 22 heavy (non-hydrogen) atoms. The number of likely N-dealkylation sites (tertiary alicyclic amines) is 1. The van der Waals surface area contributed by atoms with E-state index in [9.17, 15) is 4.79 Å². The third-order valence-corrected chi connectivity index (χ3v) is 5.69. The van der Waals surface area contributed by atoms with Crippen molar-refractivity contribution in [3.63, 3.8) is 0 Å². The lowest BCUT2D eigenvalue weighted by molar-refractivity contribution is -0.145. The van der Waals surface area contributed by atoms with E-state index in [0.29, 0.717) is 10.9 Å². The van der Waals surface area contributed by atoms with Crippen molar-refractivity contribution in [1.29, 1.82) is 0 Å². The average molecular weight is 320 g/mol. The second-order valence-corrected chi connectivity index (χ2v) is 7.47. The highest BCUT2D eigenvalue weighted by Gasteiger charge is 2.49. The number of piperidine rings is 1. The summed E-state index contributed by atoms with van der Waals surface area (Å²) in [6, 6.07) is 3.72. The number of aromatic nitrogens is 1. The number of pyridine rings is 1. The number of rotatable bonds is 3. The third-order valence-electron chi connectivity index (χ3n) is 5.39. The molecule has 3 fully saturated rings. The summed E-state index contributed by atoms with van der Waals surface area (Å²) in [6.07, 6.45) is 7.43. The minimum atomic E-state index is -0.200. The van der Waals surface area contributed by atoms with Gasteiger partial charge in [0.15, 0.2) is 0 Å². The molecule has 1 aromatic heterocycles. The molecule has 118 valence electrons. The van der Waals surface area contributed by atoms with Gasteiger partial charge in [-0.15, -0.1) is 0 Å². The second-order valence-electron chi connectivity index (χ2n) is 7.06.